The molecule has 4 nitrogen and oxygen atoms in total. The minimum absolute atomic E-state index is 0.309. The summed E-state index contributed by atoms with van der Waals surface area (Å²) in [5.41, 5.74) is 1.48. The van der Waals surface area contributed by atoms with Gasteiger partial charge in [-0.1, -0.05) is 12.1 Å². The molecule has 1 saturated heterocycles. The Bertz CT molecular complexity index is 738. The van der Waals surface area contributed by atoms with E-state index in [-0.39, 0.29) is 5.82 Å². The summed E-state index contributed by atoms with van der Waals surface area (Å²) in [7, 11) is 0. The highest BCUT2D eigenvalue weighted by atomic mass is 19.1. The molecule has 2 aliphatic heterocycles. The van der Waals surface area contributed by atoms with Crippen molar-refractivity contribution in [3.8, 4) is 11.5 Å². The van der Waals surface area contributed by atoms with Gasteiger partial charge in [0.1, 0.15) is 23.1 Å². The number of piperazine rings is 1. The van der Waals surface area contributed by atoms with Crippen molar-refractivity contribution in [2.24, 2.45) is 4.99 Å². The number of halogens is 1. The van der Waals surface area contributed by atoms with E-state index >= 15 is 0 Å². The van der Waals surface area contributed by atoms with Gasteiger partial charge in [-0.3, -0.25) is 0 Å². The summed E-state index contributed by atoms with van der Waals surface area (Å²) in [6.07, 6.45) is 0. The minimum atomic E-state index is -0.309. The van der Waals surface area contributed by atoms with Crippen LogP contribution in [0.4, 0.5) is 10.1 Å². The molecular formula is C17H16FN3O. The first-order valence-corrected chi connectivity index (χ1v) is 7.42. The van der Waals surface area contributed by atoms with Crippen molar-refractivity contribution in [1.82, 2.24) is 10.2 Å². The number of aliphatic imine (C=N–C) groups is 1. The van der Waals surface area contributed by atoms with Crippen molar-refractivity contribution in [2.75, 3.05) is 26.2 Å². The maximum atomic E-state index is 13.6. The predicted molar refractivity (Wildman–Crippen MR) is 83.6 cm³/mol. The third kappa shape index (κ3) is 2.33. The molecule has 0 amide bonds. The number of ether oxygens (including phenoxy) is 1. The molecule has 0 unspecified atom stereocenters. The summed E-state index contributed by atoms with van der Waals surface area (Å²) in [6, 6.07) is 12.3. The standard InChI is InChI=1S/C17H16FN3O/c18-12-5-6-16-14(11-12)20-17(21-9-7-19-8-10-21)13-3-1-2-4-15(13)22-16/h1-6,11,19H,7-10H2. The first-order chi connectivity index (χ1) is 10.8. The Morgan fingerprint density at radius 2 is 1.86 bits per heavy atom. The average Bonchev–Trinajstić information content (AvgIpc) is 2.72. The van der Waals surface area contributed by atoms with Crippen LogP contribution in [-0.2, 0) is 0 Å². The maximum absolute atomic E-state index is 13.6. The maximum Gasteiger partial charge on any atom is 0.153 e. The summed E-state index contributed by atoms with van der Waals surface area (Å²) < 4.78 is 19.5. The molecule has 5 heteroatoms. The van der Waals surface area contributed by atoms with E-state index in [9.17, 15) is 4.39 Å². The van der Waals surface area contributed by atoms with Gasteiger partial charge in [0.25, 0.3) is 0 Å². The van der Waals surface area contributed by atoms with E-state index in [2.05, 4.69) is 10.2 Å². The Morgan fingerprint density at radius 1 is 1.05 bits per heavy atom. The van der Waals surface area contributed by atoms with Gasteiger partial charge in [0.2, 0.25) is 0 Å². The molecular weight excluding hydrogens is 281 g/mol. The first kappa shape index (κ1) is 13.3. The van der Waals surface area contributed by atoms with Crippen LogP contribution < -0.4 is 10.1 Å². The van der Waals surface area contributed by atoms with E-state index < -0.39 is 0 Å². The normalized spacial score (nSPS) is 17.0. The van der Waals surface area contributed by atoms with Crippen LogP contribution in [0.25, 0.3) is 0 Å². The molecule has 0 atom stereocenters. The van der Waals surface area contributed by atoms with Gasteiger partial charge in [-0.05, 0) is 24.3 Å². The number of amidine groups is 1. The van der Waals surface area contributed by atoms with Crippen molar-refractivity contribution in [2.45, 2.75) is 0 Å². The fraction of sp³-hybridized carbons (Fsp3) is 0.235. The van der Waals surface area contributed by atoms with Crippen molar-refractivity contribution >= 4 is 11.5 Å². The van der Waals surface area contributed by atoms with Crippen LogP contribution in [0.2, 0.25) is 0 Å². The van der Waals surface area contributed by atoms with E-state index in [4.69, 9.17) is 9.73 Å². The van der Waals surface area contributed by atoms with Gasteiger partial charge in [0.15, 0.2) is 5.75 Å². The highest BCUT2D eigenvalue weighted by Gasteiger charge is 2.23. The predicted octanol–water partition coefficient (Wildman–Crippen LogP) is 2.91. The molecule has 2 aliphatic rings. The van der Waals surface area contributed by atoms with Crippen LogP contribution in [0.1, 0.15) is 5.56 Å². The number of para-hydroxylation sites is 1. The van der Waals surface area contributed by atoms with Gasteiger partial charge in [-0.2, -0.15) is 0 Å². The molecule has 0 saturated carbocycles. The van der Waals surface area contributed by atoms with E-state index in [1.807, 2.05) is 24.3 Å². The van der Waals surface area contributed by atoms with E-state index in [0.29, 0.717) is 11.4 Å². The summed E-state index contributed by atoms with van der Waals surface area (Å²) in [6.45, 7) is 3.58. The number of nitrogens with one attached hydrogen (secondary N) is 1. The fourth-order valence-electron chi connectivity index (χ4n) is 2.82. The van der Waals surface area contributed by atoms with Crippen molar-refractivity contribution in [3.63, 3.8) is 0 Å². The number of fused-ring (bicyclic) bond motifs is 2. The lowest BCUT2D eigenvalue weighted by molar-refractivity contribution is 0.357. The van der Waals surface area contributed by atoms with Crippen molar-refractivity contribution < 1.29 is 9.13 Å². The van der Waals surface area contributed by atoms with Crippen LogP contribution in [0.3, 0.4) is 0 Å². The SMILES string of the molecule is Fc1ccc2c(c1)N=C(N1CCNCC1)c1ccccc1O2. The Morgan fingerprint density at radius 3 is 2.73 bits per heavy atom. The Balaban J connectivity index is 1.88. The number of benzene rings is 2. The lowest BCUT2D eigenvalue weighted by atomic mass is 10.1. The summed E-state index contributed by atoms with van der Waals surface area (Å²) >= 11 is 0. The van der Waals surface area contributed by atoms with E-state index in [1.165, 1.54) is 12.1 Å². The topological polar surface area (TPSA) is 36.9 Å². The molecule has 4 rings (SSSR count). The smallest absolute Gasteiger partial charge is 0.153 e. The highest BCUT2D eigenvalue weighted by molar-refractivity contribution is 6.03. The quantitative estimate of drug-likeness (QED) is 0.812. The zero-order valence-corrected chi connectivity index (χ0v) is 12.1. The van der Waals surface area contributed by atoms with Crippen LogP contribution in [0.5, 0.6) is 11.5 Å². The second-order valence-electron chi connectivity index (χ2n) is 5.38. The van der Waals surface area contributed by atoms with Crippen LogP contribution >= 0.6 is 0 Å². The molecule has 0 spiro atoms. The average molecular weight is 297 g/mol. The van der Waals surface area contributed by atoms with E-state index in [1.54, 1.807) is 6.07 Å². The highest BCUT2D eigenvalue weighted by Crippen LogP contribution is 2.38. The fourth-order valence-corrected chi connectivity index (χ4v) is 2.82. The van der Waals surface area contributed by atoms with Crippen LogP contribution in [0, 0.1) is 5.82 Å². The molecule has 22 heavy (non-hydrogen) atoms. The second-order valence-corrected chi connectivity index (χ2v) is 5.38. The minimum Gasteiger partial charge on any atom is -0.454 e. The Hall–Kier alpha value is -2.40. The molecule has 112 valence electrons. The second kappa shape index (κ2) is 5.42. The number of nitrogens with zero attached hydrogens (tertiary/aromatic N) is 2. The zero-order chi connectivity index (χ0) is 14.9. The largest absolute Gasteiger partial charge is 0.454 e. The Labute approximate surface area is 128 Å². The van der Waals surface area contributed by atoms with Gasteiger partial charge < -0.3 is 15.0 Å². The molecule has 0 aliphatic carbocycles. The third-order valence-electron chi connectivity index (χ3n) is 3.91. The summed E-state index contributed by atoms with van der Waals surface area (Å²) in [5.74, 6) is 1.88. The van der Waals surface area contributed by atoms with Gasteiger partial charge in [0.05, 0.1) is 5.56 Å². The zero-order valence-electron chi connectivity index (χ0n) is 12.1. The molecule has 2 aromatic rings. The Kier molecular flexibility index (Phi) is 3.27. The van der Waals surface area contributed by atoms with Gasteiger partial charge in [-0.15, -0.1) is 0 Å². The molecule has 0 bridgehead atoms. The number of rotatable bonds is 0. The molecule has 1 fully saturated rings. The first-order valence-electron chi connectivity index (χ1n) is 7.42. The molecule has 2 aromatic carbocycles. The molecule has 1 N–H and O–H groups in total. The van der Waals surface area contributed by atoms with Gasteiger partial charge >= 0.3 is 0 Å². The van der Waals surface area contributed by atoms with Gasteiger partial charge in [0, 0.05) is 32.2 Å². The van der Waals surface area contributed by atoms with Gasteiger partial charge in [-0.25, -0.2) is 9.38 Å². The lowest BCUT2D eigenvalue weighted by Crippen LogP contribution is -2.46. The van der Waals surface area contributed by atoms with Crippen LogP contribution in [-0.4, -0.2) is 36.9 Å². The van der Waals surface area contributed by atoms with E-state index in [0.717, 1.165) is 43.3 Å². The summed E-state index contributed by atoms with van der Waals surface area (Å²) in [5, 5.41) is 3.33. The third-order valence-corrected chi connectivity index (χ3v) is 3.91. The number of hydrogen-bond donors (Lipinski definition) is 1. The van der Waals surface area contributed by atoms with Crippen molar-refractivity contribution in [3.05, 3.63) is 53.8 Å². The lowest BCUT2D eigenvalue weighted by Gasteiger charge is -2.30. The van der Waals surface area contributed by atoms with Crippen LogP contribution in [0.15, 0.2) is 47.5 Å². The summed E-state index contributed by atoms with van der Waals surface area (Å²) in [4.78, 5) is 6.94. The molecule has 0 aromatic heterocycles. The van der Waals surface area contributed by atoms with Crippen molar-refractivity contribution in [1.29, 1.82) is 0 Å². The number of hydrogen-bond acceptors (Lipinski definition) is 4. The molecule has 2 heterocycles. The monoisotopic (exact) mass is 297 g/mol. The molecule has 0 radical (unpaired) electrons.